The highest BCUT2D eigenvalue weighted by Gasteiger charge is 2.18. The van der Waals surface area contributed by atoms with Crippen LogP contribution in [0.25, 0.3) is 10.9 Å². The molecule has 0 aliphatic carbocycles. The van der Waals surface area contributed by atoms with Crippen molar-refractivity contribution in [1.29, 1.82) is 0 Å². The number of nitrogens with zero attached hydrogens (tertiary/aromatic N) is 2. The number of anilines is 1. The standard InChI is InChI=1S/C16H21N3S/c1-4-7-11(2)19(3)15-12-8-5-6-9-14(12)18-10-13(15)16(17)20/h5-6,8-11H,4,7H2,1-3H3,(H2,17,20). The Morgan fingerprint density at radius 1 is 1.40 bits per heavy atom. The number of nitrogens with two attached hydrogens (primary N) is 1. The average molecular weight is 287 g/mol. The predicted octanol–water partition coefficient (Wildman–Crippen LogP) is 3.49. The molecule has 2 N–H and O–H groups in total. The molecule has 4 heteroatoms. The number of para-hydroxylation sites is 1. The second-order valence-corrected chi connectivity index (χ2v) is 5.59. The summed E-state index contributed by atoms with van der Waals surface area (Å²) in [6, 6.07) is 8.54. The first-order valence-electron chi connectivity index (χ1n) is 6.96. The van der Waals surface area contributed by atoms with Crippen molar-refractivity contribution in [2.45, 2.75) is 32.7 Å². The van der Waals surface area contributed by atoms with Crippen LogP contribution in [0.4, 0.5) is 5.69 Å². The zero-order chi connectivity index (χ0) is 14.7. The van der Waals surface area contributed by atoms with E-state index in [1.165, 1.54) is 0 Å². The number of fused-ring (bicyclic) bond motifs is 1. The minimum Gasteiger partial charge on any atom is -0.389 e. The monoisotopic (exact) mass is 287 g/mol. The van der Waals surface area contributed by atoms with Crippen LogP contribution < -0.4 is 10.6 Å². The van der Waals surface area contributed by atoms with Crippen molar-refractivity contribution in [3.63, 3.8) is 0 Å². The van der Waals surface area contributed by atoms with Crippen LogP contribution in [0.5, 0.6) is 0 Å². The van der Waals surface area contributed by atoms with Gasteiger partial charge in [-0.2, -0.15) is 0 Å². The van der Waals surface area contributed by atoms with Crippen LogP contribution in [0.3, 0.4) is 0 Å². The quantitative estimate of drug-likeness (QED) is 0.855. The molecule has 0 aliphatic heterocycles. The van der Waals surface area contributed by atoms with Crippen molar-refractivity contribution in [3.05, 3.63) is 36.0 Å². The van der Waals surface area contributed by atoms with Crippen LogP contribution in [0.15, 0.2) is 30.5 Å². The molecule has 106 valence electrons. The number of rotatable bonds is 5. The molecule has 2 aromatic rings. The van der Waals surface area contributed by atoms with E-state index in [0.29, 0.717) is 11.0 Å². The maximum atomic E-state index is 5.88. The van der Waals surface area contributed by atoms with Gasteiger partial charge in [0.05, 0.1) is 16.8 Å². The zero-order valence-electron chi connectivity index (χ0n) is 12.3. The van der Waals surface area contributed by atoms with E-state index in [1.54, 1.807) is 6.20 Å². The second-order valence-electron chi connectivity index (χ2n) is 5.15. The lowest BCUT2D eigenvalue weighted by molar-refractivity contribution is 0.617. The lowest BCUT2D eigenvalue weighted by atomic mass is 10.1. The highest BCUT2D eigenvalue weighted by Crippen LogP contribution is 2.30. The van der Waals surface area contributed by atoms with Gasteiger partial charge in [0.2, 0.25) is 0 Å². The van der Waals surface area contributed by atoms with Gasteiger partial charge in [-0.3, -0.25) is 4.98 Å². The Bertz CT molecular complexity index is 624. The van der Waals surface area contributed by atoms with Gasteiger partial charge in [-0.1, -0.05) is 43.8 Å². The van der Waals surface area contributed by atoms with E-state index in [1.807, 2.05) is 18.2 Å². The first kappa shape index (κ1) is 14.7. The lowest BCUT2D eigenvalue weighted by Crippen LogP contribution is -2.31. The SMILES string of the molecule is CCCC(C)N(C)c1c(C(N)=S)cnc2ccccc12. The summed E-state index contributed by atoms with van der Waals surface area (Å²) in [7, 11) is 2.10. The zero-order valence-corrected chi connectivity index (χ0v) is 13.1. The molecule has 0 fully saturated rings. The molecule has 0 radical (unpaired) electrons. The number of hydrogen-bond donors (Lipinski definition) is 1. The van der Waals surface area contributed by atoms with E-state index < -0.39 is 0 Å². The molecule has 1 aromatic carbocycles. The number of pyridine rings is 1. The largest absolute Gasteiger partial charge is 0.389 e. The van der Waals surface area contributed by atoms with Crippen molar-refractivity contribution in [2.75, 3.05) is 11.9 Å². The first-order chi connectivity index (χ1) is 9.56. The third-order valence-electron chi connectivity index (χ3n) is 3.73. The molecule has 1 aromatic heterocycles. The molecule has 0 saturated heterocycles. The summed E-state index contributed by atoms with van der Waals surface area (Å²) in [5.41, 5.74) is 8.79. The van der Waals surface area contributed by atoms with Gasteiger partial charge >= 0.3 is 0 Å². The molecule has 3 nitrogen and oxygen atoms in total. The van der Waals surface area contributed by atoms with Gasteiger partial charge in [-0.15, -0.1) is 0 Å². The molecule has 0 aliphatic rings. The number of benzene rings is 1. The molecule has 1 heterocycles. The molecule has 2 rings (SSSR count). The maximum absolute atomic E-state index is 5.88. The number of aromatic nitrogens is 1. The molecule has 0 saturated carbocycles. The third-order valence-corrected chi connectivity index (χ3v) is 3.95. The first-order valence-corrected chi connectivity index (χ1v) is 7.37. The van der Waals surface area contributed by atoms with E-state index in [0.717, 1.165) is 35.0 Å². The summed E-state index contributed by atoms with van der Waals surface area (Å²) in [6.45, 7) is 4.42. The van der Waals surface area contributed by atoms with Gasteiger partial charge in [-0.25, -0.2) is 0 Å². The fourth-order valence-electron chi connectivity index (χ4n) is 2.52. The lowest BCUT2D eigenvalue weighted by Gasteiger charge is -2.29. The molecule has 0 bridgehead atoms. The predicted molar refractivity (Wildman–Crippen MR) is 90.4 cm³/mol. The Labute approximate surface area is 125 Å². The Morgan fingerprint density at radius 3 is 2.75 bits per heavy atom. The normalized spacial score (nSPS) is 12.3. The van der Waals surface area contributed by atoms with E-state index in [2.05, 4.69) is 36.8 Å². The van der Waals surface area contributed by atoms with E-state index in [9.17, 15) is 0 Å². The highest BCUT2D eigenvalue weighted by atomic mass is 32.1. The van der Waals surface area contributed by atoms with Gasteiger partial charge in [0, 0.05) is 24.7 Å². The summed E-state index contributed by atoms with van der Waals surface area (Å²) < 4.78 is 0. The molecule has 0 amide bonds. The fraction of sp³-hybridized carbons (Fsp3) is 0.375. The Balaban J connectivity index is 2.63. The smallest absolute Gasteiger partial charge is 0.107 e. The Hall–Kier alpha value is -1.68. The van der Waals surface area contributed by atoms with Crippen molar-refractivity contribution in [3.8, 4) is 0 Å². The number of thiocarbonyl (C=S) groups is 1. The Morgan fingerprint density at radius 2 is 2.10 bits per heavy atom. The van der Waals surface area contributed by atoms with Gasteiger partial charge < -0.3 is 10.6 Å². The van der Waals surface area contributed by atoms with Crippen LogP contribution >= 0.6 is 12.2 Å². The average Bonchev–Trinajstić information content (AvgIpc) is 2.45. The summed E-state index contributed by atoms with van der Waals surface area (Å²) in [4.78, 5) is 7.12. The summed E-state index contributed by atoms with van der Waals surface area (Å²) in [5.74, 6) is 0. The van der Waals surface area contributed by atoms with E-state index in [4.69, 9.17) is 18.0 Å². The van der Waals surface area contributed by atoms with Gasteiger partial charge in [0.25, 0.3) is 0 Å². The third kappa shape index (κ3) is 2.75. The highest BCUT2D eigenvalue weighted by molar-refractivity contribution is 7.80. The minimum absolute atomic E-state index is 0.397. The maximum Gasteiger partial charge on any atom is 0.107 e. The van der Waals surface area contributed by atoms with E-state index in [-0.39, 0.29) is 0 Å². The molecule has 20 heavy (non-hydrogen) atoms. The molecule has 0 spiro atoms. The van der Waals surface area contributed by atoms with E-state index >= 15 is 0 Å². The van der Waals surface area contributed by atoms with Gasteiger partial charge in [0.15, 0.2) is 0 Å². The van der Waals surface area contributed by atoms with Gasteiger partial charge in [0.1, 0.15) is 4.99 Å². The molecule has 1 unspecified atom stereocenters. The second kappa shape index (κ2) is 6.18. The van der Waals surface area contributed by atoms with Crippen molar-refractivity contribution in [1.82, 2.24) is 4.98 Å². The summed E-state index contributed by atoms with van der Waals surface area (Å²) >= 11 is 5.19. The topological polar surface area (TPSA) is 42.1 Å². The minimum atomic E-state index is 0.397. The van der Waals surface area contributed by atoms with Crippen molar-refractivity contribution in [2.24, 2.45) is 5.73 Å². The molecular formula is C16H21N3S. The van der Waals surface area contributed by atoms with Crippen LogP contribution in [0.1, 0.15) is 32.3 Å². The molecule has 1 atom stereocenters. The fourth-order valence-corrected chi connectivity index (χ4v) is 2.67. The van der Waals surface area contributed by atoms with Crippen molar-refractivity contribution >= 4 is 33.8 Å². The van der Waals surface area contributed by atoms with Crippen LogP contribution in [0.2, 0.25) is 0 Å². The summed E-state index contributed by atoms with van der Waals surface area (Å²) in [6.07, 6.45) is 4.07. The van der Waals surface area contributed by atoms with Crippen molar-refractivity contribution < 1.29 is 0 Å². The number of hydrogen-bond acceptors (Lipinski definition) is 3. The Kier molecular flexibility index (Phi) is 4.55. The van der Waals surface area contributed by atoms with Crippen LogP contribution in [-0.4, -0.2) is 23.1 Å². The van der Waals surface area contributed by atoms with Gasteiger partial charge in [-0.05, 0) is 19.4 Å². The van der Waals surface area contributed by atoms with Crippen LogP contribution in [0, 0.1) is 0 Å². The summed E-state index contributed by atoms with van der Waals surface area (Å²) in [5, 5.41) is 1.10. The molecular weight excluding hydrogens is 266 g/mol. The van der Waals surface area contributed by atoms with Crippen LogP contribution in [-0.2, 0) is 0 Å².